The Labute approximate surface area is 143 Å². The highest BCUT2D eigenvalue weighted by atomic mass is 16.3. The van der Waals surface area contributed by atoms with Crippen LogP contribution in [0.5, 0.6) is 5.75 Å². The Morgan fingerprint density at radius 2 is 1.72 bits per heavy atom. The first kappa shape index (κ1) is 14.9. The van der Waals surface area contributed by atoms with E-state index in [9.17, 15) is 5.11 Å². The van der Waals surface area contributed by atoms with Gasteiger partial charge in [0.05, 0.1) is 0 Å². The molecule has 0 radical (unpaired) electrons. The zero-order valence-electron chi connectivity index (χ0n) is 13.2. The molecule has 0 aliphatic carbocycles. The molecule has 0 amide bonds. The van der Waals surface area contributed by atoms with E-state index in [0.29, 0.717) is 17.3 Å². The van der Waals surface area contributed by atoms with Crippen molar-refractivity contribution in [3.63, 3.8) is 0 Å². The number of phenolic OH excluding ortho intramolecular Hbond substituents is 1. The van der Waals surface area contributed by atoms with Crippen molar-refractivity contribution in [2.45, 2.75) is 0 Å². The van der Waals surface area contributed by atoms with Gasteiger partial charge in [-0.2, -0.15) is 0 Å². The summed E-state index contributed by atoms with van der Waals surface area (Å²) in [6.07, 6.45) is 5.36. The highest BCUT2D eigenvalue weighted by Gasteiger charge is 2.08. The second-order valence-electron chi connectivity index (χ2n) is 5.46. The van der Waals surface area contributed by atoms with E-state index in [1.165, 1.54) is 6.33 Å². The molecule has 0 unspecified atom stereocenters. The predicted octanol–water partition coefficient (Wildman–Crippen LogP) is 3.97. The molecule has 0 atom stereocenters. The van der Waals surface area contributed by atoms with Crippen molar-refractivity contribution >= 4 is 34.8 Å². The predicted molar refractivity (Wildman–Crippen MR) is 98.4 cm³/mol. The van der Waals surface area contributed by atoms with Crippen LogP contribution >= 0.6 is 0 Å². The minimum absolute atomic E-state index is 0.216. The quantitative estimate of drug-likeness (QED) is 0.493. The van der Waals surface area contributed by atoms with Crippen LogP contribution < -0.4 is 5.32 Å². The van der Waals surface area contributed by atoms with Crippen LogP contribution in [-0.2, 0) is 0 Å². The molecule has 4 aromatic rings. The molecule has 0 aliphatic rings. The number of nitrogens with zero attached hydrogens (tertiary/aromatic N) is 3. The maximum Gasteiger partial charge on any atom is 0.183 e. The van der Waals surface area contributed by atoms with Crippen molar-refractivity contribution in [1.29, 1.82) is 0 Å². The molecule has 0 saturated carbocycles. The molecule has 25 heavy (non-hydrogen) atoms. The molecule has 6 heteroatoms. The van der Waals surface area contributed by atoms with Gasteiger partial charge in [-0.3, -0.25) is 0 Å². The van der Waals surface area contributed by atoms with E-state index >= 15 is 0 Å². The van der Waals surface area contributed by atoms with Crippen LogP contribution in [0.15, 0.2) is 60.9 Å². The van der Waals surface area contributed by atoms with Gasteiger partial charge in [-0.15, -0.1) is 0 Å². The standard InChI is InChI=1S/C19H15N5O/c25-15-9-7-14(8-10-15)22-18-17-19(21-12-20-18)24-16(23-17)11-6-13-4-2-1-3-5-13/h1-12,25H,(H2,20,21,22,23,24)/b11-6+. The average Bonchev–Trinajstić information content (AvgIpc) is 3.07. The number of phenols is 1. The van der Waals surface area contributed by atoms with Crippen LogP contribution in [0.25, 0.3) is 23.3 Å². The Hall–Kier alpha value is -3.67. The minimum atomic E-state index is 0.216. The topological polar surface area (TPSA) is 86.7 Å². The third kappa shape index (κ3) is 3.32. The van der Waals surface area contributed by atoms with Crippen molar-refractivity contribution in [3.8, 4) is 5.75 Å². The SMILES string of the molecule is Oc1ccc(Nc2ncnc3nc(/C=C/c4ccccc4)[nH]c23)cc1. The van der Waals surface area contributed by atoms with Gasteiger partial charge in [-0.05, 0) is 35.9 Å². The van der Waals surface area contributed by atoms with Gasteiger partial charge in [0, 0.05) is 5.69 Å². The fourth-order valence-corrected chi connectivity index (χ4v) is 2.44. The van der Waals surface area contributed by atoms with Gasteiger partial charge >= 0.3 is 0 Å². The molecule has 0 bridgehead atoms. The Morgan fingerprint density at radius 1 is 0.920 bits per heavy atom. The van der Waals surface area contributed by atoms with E-state index < -0.39 is 0 Å². The number of benzene rings is 2. The molecule has 0 aliphatic heterocycles. The summed E-state index contributed by atoms with van der Waals surface area (Å²) in [6.45, 7) is 0. The first-order chi connectivity index (χ1) is 12.3. The summed E-state index contributed by atoms with van der Waals surface area (Å²) >= 11 is 0. The van der Waals surface area contributed by atoms with Crippen molar-refractivity contribution in [2.24, 2.45) is 0 Å². The van der Waals surface area contributed by atoms with Gasteiger partial charge in [0.15, 0.2) is 11.5 Å². The Kier molecular flexibility index (Phi) is 3.84. The van der Waals surface area contributed by atoms with E-state index in [-0.39, 0.29) is 5.75 Å². The highest BCUT2D eigenvalue weighted by Crippen LogP contribution is 2.23. The lowest BCUT2D eigenvalue weighted by Gasteiger charge is -2.05. The number of fused-ring (bicyclic) bond motifs is 1. The lowest BCUT2D eigenvalue weighted by Crippen LogP contribution is -1.95. The van der Waals surface area contributed by atoms with Gasteiger partial charge in [0.2, 0.25) is 0 Å². The number of nitrogens with one attached hydrogen (secondary N) is 2. The number of aromatic hydroxyl groups is 1. The van der Waals surface area contributed by atoms with Gasteiger partial charge < -0.3 is 15.4 Å². The average molecular weight is 329 g/mol. The van der Waals surface area contributed by atoms with Crippen LogP contribution in [0.3, 0.4) is 0 Å². The van der Waals surface area contributed by atoms with Crippen LogP contribution in [-0.4, -0.2) is 25.0 Å². The first-order valence-electron chi connectivity index (χ1n) is 7.78. The fourth-order valence-electron chi connectivity index (χ4n) is 2.44. The summed E-state index contributed by atoms with van der Waals surface area (Å²) in [5.41, 5.74) is 3.22. The molecule has 0 saturated heterocycles. The normalized spacial score (nSPS) is 11.2. The highest BCUT2D eigenvalue weighted by molar-refractivity contribution is 5.86. The van der Waals surface area contributed by atoms with E-state index in [4.69, 9.17) is 0 Å². The summed E-state index contributed by atoms with van der Waals surface area (Å²) in [4.78, 5) is 16.2. The Balaban J connectivity index is 1.64. The summed E-state index contributed by atoms with van der Waals surface area (Å²) in [5, 5.41) is 12.6. The Bertz CT molecular complexity index is 1020. The molecule has 122 valence electrons. The molecule has 4 rings (SSSR count). The smallest absolute Gasteiger partial charge is 0.183 e. The third-order valence-corrected chi connectivity index (χ3v) is 3.67. The minimum Gasteiger partial charge on any atom is -0.508 e. The zero-order chi connectivity index (χ0) is 17.1. The first-order valence-corrected chi connectivity index (χ1v) is 7.78. The number of H-pyrrole nitrogens is 1. The number of aromatic amines is 1. The van der Waals surface area contributed by atoms with Gasteiger partial charge in [0.1, 0.15) is 23.4 Å². The van der Waals surface area contributed by atoms with E-state index in [0.717, 1.165) is 16.8 Å². The maximum absolute atomic E-state index is 9.37. The number of rotatable bonds is 4. The summed E-state index contributed by atoms with van der Waals surface area (Å²) < 4.78 is 0. The van der Waals surface area contributed by atoms with Gasteiger partial charge in [-0.1, -0.05) is 36.4 Å². The number of hydrogen-bond acceptors (Lipinski definition) is 5. The van der Waals surface area contributed by atoms with Crippen molar-refractivity contribution in [1.82, 2.24) is 19.9 Å². The van der Waals surface area contributed by atoms with Gasteiger partial charge in [-0.25, -0.2) is 15.0 Å². The third-order valence-electron chi connectivity index (χ3n) is 3.67. The number of anilines is 2. The van der Waals surface area contributed by atoms with Crippen molar-refractivity contribution in [3.05, 3.63) is 72.3 Å². The van der Waals surface area contributed by atoms with Crippen LogP contribution in [0.4, 0.5) is 11.5 Å². The number of hydrogen-bond donors (Lipinski definition) is 3. The number of imidazole rings is 1. The fraction of sp³-hybridized carbons (Fsp3) is 0. The maximum atomic E-state index is 9.37. The van der Waals surface area contributed by atoms with E-state index in [2.05, 4.69) is 25.3 Å². The molecular formula is C19H15N5O. The largest absolute Gasteiger partial charge is 0.508 e. The monoisotopic (exact) mass is 329 g/mol. The van der Waals surface area contributed by atoms with Crippen LogP contribution in [0.1, 0.15) is 11.4 Å². The molecular weight excluding hydrogens is 314 g/mol. The molecule has 2 aromatic heterocycles. The summed E-state index contributed by atoms with van der Waals surface area (Å²) in [5.74, 6) is 1.55. The van der Waals surface area contributed by atoms with E-state index in [1.807, 2.05) is 42.5 Å². The molecule has 0 spiro atoms. The zero-order valence-corrected chi connectivity index (χ0v) is 13.2. The second-order valence-corrected chi connectivity index (χ2v) is 5.46. The molecule has 6 nitrogen and oxygen atoms in total. The lowest BCUT2D eigenvalue weighted by atomic mass is 10.2. The second kappa shape index (κ2) is 6.45. The number of aromatic nitrogens is 4. The molecule has 2 aromatic carbocycles. The lowest BCUT2D eigenvalue weighted by molar-refractivity contribution is 0.475. The van der Waals surface area contributed by atoms with Crippen molar-refractivity contribution < 1.29 is 5.11 Å². The van der Waals surface area contributed by atoms with Crippen LogP contribution in [0, 0.1) is 0 Å². The van der Waals surface area contributed by atoms with Crippen LogP contribution in [0.2, 0.25) is 0 Å². The Morgan fingerprint density at radius 3 is 2.52 bits per heavy atom. The molecule has 0 fully saturated rings. The molecule has 3 N–H and O–H groups in total. The molecule has 2 heterocycles. The summed E-state index contributed by atoms with van der Waals surface area (Å²) in [6, 6.07) is 16.8. The van der Waals surface area contributed by atoms with E-state index in [1.54, 1.807) is 24.3 Å². The van der Waals surface area contributed by atoms with Crippen molar-refractivity contribution in [2.75, 3.05) is 5.32 Å². The summed E-state index contributed by atoms with van der Waals surface area (Å²) in [7, 11) is 0. The van der Waals surface area contributed by atoms with Gasteiger partial charge in [0.25, 0.3) is 0 Å².